The summed E-state index contributed by atoms with van der Waals surface area (Å²) in [4.78, 5) is 48.2. The molecule has 0 aliphatic carbocycles. The molecular weight excluding hydrogens is 549 g/mol. The predicted octanol–water partition coefficient (Wildman–Crippen LogP) is 5.09. The van der Waals surface area contributed by atoms with Gasteiger partial charge in [-0.05, 0) is 75.3 Å². The molecule has 0 radical (unpaired) electrons. The number of phenolic OH excluding ortho intramolecular Hbond substituents is 2. The van der Waals surface area contributed by atoms with Gasteiger partial charge in [-0.2, -0.15) is 0 Å². The van der Waals surface area contributed by atoms with Gasteiger partial charge in [0.1, 0.15) is 17.3 Å². The topological polar surface area (TPSA) is 101 Å². The van der Waals surface area contributed by atoms with Crippen LogP contribution in [0.25, 0.3) is 0 Å². The summed E-state index contributed by atoms with van der Waals surface area (Å²) in [5.41, 5.74) is 1.35. The molecule has 2 aliphatic rings. The van der Waals surface area contributed by atoms with E-state index in [-0.39, 0.29) is 59.4 Å². The van der Waals surface area contributed by atoms with Crippen molar-refractivity contribution in [3.63, 3.8) is 0 Å². The van der Waals surface area contributed by atoms with Gasteiger partial charge in [-0.25, -0.2) is 9.18 Å². The maximum absolute atomic E-state index is 15.0. The van der Waals surface area contributed by atoms with Gasteiger partial charge in [-0.15, -0.1) is 0 Å². The molecule has 4 atom stereocenters. The Bertz CT molecular complexity index is 1460. The lowest BCUT2D eigenvalue weighted by atomic mass is 9.68. The highest BCUT2D eigenvalue weighted by Gasteiger charge is 2.48. The number of piperidine rings is 1. The van der Waals surface area contributed by atoms with Gasteiger partial charge in [0, 0.05) is 61.1 Å². The number of likely N-dealkylation sites (N-methyl/N-ethyl adjacent to an activating group) is 1. The third kappa shape index (κ3) is 6.27. The van der Waals surface area contributed by atoms with Crippen molar-refractivity contribution < 1.29 is 29.0 Å². The van der Waals surface area contributed by atoms with Gasteiger partial charge >= 0.3 is 6.03 Å². The zero-order chi connectivity index (χ0) is 30.8. The maximum atomic E-state index is 15.0. The van der Waals surface area contributed by atoms with Crippen molar-refractivity contribution in [1.82, 2.24) is 14.7 Å². The van der Waals surface area contributed by atoms with Crippen LogP contribution < -0.4 is 0 Å². The fourth-order valence-corrected chi connectivity index (χ4v) is 6.75. The van der Waals surface area contributed by atoms with E-state index in [9.17, 15) is 29.0 Å². The Labute approximate surface area is 251 Å². The Morgan fingerprint density at radius 2 is 1.44 bits per heavy atom. The Balaban J connectivity index is 1.63. The number of benzene rings is 3. The first-order valence-electron chi connectivity index (χ1n) is 14.7. The fourth-order valence-electron chi connectivity index (χ4n) is 6.75. The molecular formula is C34H38FN3O5. The molecule has 3 aromatic rings. The summed E-state index contributed by atoms with van der Waals surface area (Å²) >= 11 is 0. The van der Waals surface area contributed by atoms with E-state index in [0.717, 1.165) is 12.8 Å². The molecule has 2 amide bonds. The molecule has 2 saturated heterocycles. The summed E-state index contributed by atoms with van der Waals surface area (Å²) in [6.45, 7) is 2.97. The normalized spacial score (nSPS) is 22.2. The molecule has 8 nitrogen and oxygen atoms in total. The minimum absolute atomic E-state index is 0.00568. The Kier molecular flexibility index (Phi) is 8.82. The number of likely N-dealkylation sites (tertiary alicyclic amines) is 2. The highest BCUT2D eigenvalue weighted by Crippen LogP contribution is 2.43. The number of hydrogen-bond acceptors (Lipinski definition) is 6. The number of rotatable bonds is 7. The maximum Gasteiger partial charge on any atom is 0.320 e. The quantitative estimate of drug-likeness (QED) is 0.374. The molecule has 3 aromatic carbocycles. The third-order valence-corrected chi connectivity index (χ3v) is 8.77. The second-order valence-electron chi connectivity index (χ2n) is 12.0. The second kappa shape index (κ2) is 12.6. The molecule has 226 valence electrons. The molecule has 5 rings (SSSR count). The van der Waals surface area contributed by atoms with Gasteiger partial charge in [0.2, 0.25) is 0 Å². The standard InChI is InChI=1S/C34H38FN3O5/c1-21-27(13-6-14-30(21)35)31-28(32(41)22-8-4-11-25(39)16-22)19-37(34(43)38-15-7-10-24(38)18-36(2)3)20-29(31)33(42)23-9-5-12-26(40)17-23/h4-6,8-9,11-14,16-17,24,28-29,31,39-40H,7,10,15,18-20H2,1-3H3/t24-,28-,29+,31-/m1/s1. The van der Waals surface area contributed by atoms with Crippen LogP contribution in [0.15, 0.2) is 66.7 Å². The summed E-state index contributed by atoms with van der Waals surface area (Å²) in [6.07, 6.45) is 1.72. The predicted molar refractivity (Wildman–Crippen MR) is 161 cm³/mol. The molecule has 2 N–H and O–H groups in total. The molecule has 0 unspecified atom stereocenters. The molecule has 2 aliphatic heterocycles. The van der Waals surface area contributed by atoms with Crippen LogP contribution in [0, 0.1) is 24.6 Å². The first-order valence-corrected chi connectivity index (χ1v) is 14.7. The lowest BCUT2D eigenvalue weighted by Crippen LogP contribution is -2.57. The number of carbonyl (C=O) groups is 3. The largest absolute Gasteiger partial charge is 0.508 e. The van der Waals surface area contributed by atoms with Gasteiger partial charge in [0.15, 0.2) is 11.6 Å². The summed E-state index contributed by atoms with van der Waals surface area (Å²) in [7, 11) is 3.92. The highest BCUT2D eigenvalue weighted by atomic mass is 19.1. The molecule has 2 fully saturated rings. The number of ketones is 2. The zero-order valence-electron chi connectivity index (χ0n) is 24.7. The number of aromatic hydroxyl groups is 2. The van der Waals surface area contributed by atoms with Crippen LogP contribution in [0.3, 0.4) is 0 Å². The summed E-state index contributed by atoms with van der Waals surface area (Å²) in [6, 6.07) is 16.4. The molecule has 2 heterocycles. The monoisotopic (exact) mass is 587 g/mol. The minimum Gasteiger partial charge on any atom is -0.508 e. The van der Waals surface area contributed by atoms with Crippen LogP contribution in [-0.4, -0.2) is 88.8 Å². The third-order valence-electron chi connectivity index (χ3n) is 8.77. The van der Waals surface area contributed by atoms with E-state index >= 15 is 0 Å². The average molecular weight is 588 g/mol. The Morgan fingerprint density at radius 3 is 1.98 bits per heavy atom. The first-order chi connectivity index (χ1) is 20.5. The van der Waals surface area contributed by atoms with Crippen molar-refractivity contribution in [2.75, 3.05) is 40.3 Å². The molecule has 0 aromatic heterocycles. The first kappa shape index (κ1) is 30.2. The molecule has 43 heavy (non-hydrogen) atoms. The minimum atomic E-state index is -0.902. The van der Waals surface area contributed by atoms with Crippen LogP contribution >= 0.6 is 0 Å². The average Bonchev–Trinajstić information content (AvgIpc) is 3.44. The van der Waals surface area contributed by atoms with Crippen LogP contribution in [-0.2, 0) is 0 Å². The molecule has 0 spiro atoms. The lowest BCUT2D eigenvalue weighted by molar-refractivity contribution is 0.0578. The van der Waals surface area contributed by atoms with Crippen molar-refractivity contribution in [3.8, 4) is 11.5 Å². The van der Waals surface area contributed by atoms with E-state index in [1.165, 1.54) is 30.3 Å². The van der Waals surface area contributed by atoms with Crippen LogP contribution in [0.2, 0.25) is 0 Å². The number of halogens is 1. The summed E-state index contributed by atoms with van der Waals surface area (Å²) < 4.78 is 15.0. The van der Waals surface area contributed by atoms with Crippen LogP contribution in [0.1, 0.15) is 50.6 Å². The van der Waals surface area contributed by atoms with E-state index in [1.807, 2.05) is 23.9 Å². The number of phenols is 2. The van der Waals surface area contributed by atoms with E-state index < -0.39 is 23.6 Å². The van der Waals surface area contributed by atoms with E-state index in [2.05, 4.69) is 0 Å². The Morgan fingerprint density at radius 1 is 0.884 bits per heavy atom. The van der Waals surface area contributed by atoms with Gasteiger partial charge in [-0.1, -0.05) is 36.4 Å². The zero-order valence-corrected chi connectivity index (χ0v) is 24.7. The number of nitrogens with zero attached hydrogens (tertiary/aromatic N) is 3. The Hall–Kier alpha value is -4.24. The van der Waals surface area contributed by atoms with E-state index in [1.54, 1.807) is 48.2 Å². The number of Topliss-reactive ketones (excluding diaryl/α,β-unsaturated/α-hetero) is 2. The van der Waals surface area contributed by atoms with Crippen molar-refractivity contribution in [2.45, 2.75) is 31.7 Å². The lowest BCUT2D eigenvalue weighted by Gasteiger charge is -2.45. The van der Waals surface area contributed by atoms with Crippen molar-refractivity contribution in [2.24, 2.45) is 11.8 Å². The van der Waals surface area contributed by atoms with Crippen molar-refractivity contribution in [1.29, 1.82) is 0 Å². The van der Waals surface area contributed by atoms with Crippen molar-refractivity contribution >= 4 is 17.6 Å². The summed E-state index contributed by atoms with van der Waals surface area (Å²) in [5, 5.41) is 20.3. The number of amides is 2. The summed E-state index contributed by atoms with van der Waals surface area (Å²) in [5.74, 6) is -3.87. The smallest absolute Gasteiger partial charge is 0.320 e. The highest BCUT2D eigenvalue weighted by molar-refractivity contribution is 6.03. The second-order valence-corrected chi connectivity index (χ2v) is 12.0. The number of urea groups is 1. The van der Waals surface area contributed by atoms with Crippen molar-refractivity contribution in [3.05, 3.63) is 94.8 Å². The number of carbonyl (C=O) groups excluding carboxylic acids is 3. The molecule has 0 saturated carbocycles. The SMILES string of the molecule is Cc1c(F)cccc1[C@H]1[C@@H](C(=O)c2cccc(O)c2)CN(C(=O)N2CCC[C@@H]2CN(C)C)C[C@H]1C(=O)c1cccc(O)c1. The van der Waals surface area contributed by atoms with Crippen LogP contribution in [0.4, 0.5) is 9.18 Å². The van der Waals surface area contributed by atoms with Gasteiger partial charge in [0.05, 0.1) is 0 Å². The van der Waals surface area contributed by atoms with E-state index in [4.69, 9.17) is 0 Å². The van der Waals surface area contributed by atoms with Gasteiger partial charge in [-0.3, -0.25) is 9.59 Å². The molecule has 9 heteroatoms. The van der Waals surface area contributed by atoms with Gasteiger partial charge < -0.3 is 24.9 Å². The van der Waals surface area contributed by atoms with E-state index in [0.29, 0.717) is 24.2 Å². The fraction of sp³-hybridized carbons (Fsp3) is 0.382. The van der Waals surface area contributed by atoms with Gasteiger partial charge in [0.25, 0.3) is 0 Å². The number of hydrogen-bond donors (Lipinski definition) is 2. The van der Waals surface area contributed by atoms with Crippen LogP contribution in [0.5, 0.6) is 11.5 Å². The molecule has 0 bridgehead atoms.